The van der Waals surface area contributed by atoms with E-state index in [1.807, 2.05) is 60.1 Å². The minimum absolute atomic E-state index is 0. The van der Waals surface area contributed by atoms with E-state index in [1.165, 1.54) is 0 Å². The minimum Gasteiger partial charge on any atom is -0.356 e. The van der Waals surface area contributed by atoms with Crippen LogP contribution in [0.4, 0.5) is 0 Å². The highest BCUT2D eigenvalue weighted by atomic mass is 127. The van der Waals surface area contributed by atoms with Crippen LogP contribution >= 0.6 is 35.6 Å². The van der Waals surface area contributed by atoms with E-state index in [4.69, 9.17) is 11.6 Å². The van der Waals surface area contributed by atoms with Crippen LogP contribution < -0.4 is 5.32 Å². The van der Waals surface area contributed by atoms with Gasteiger partial charge < -0.3 is 14.6 Å². The third kappa shape index (κ3) is 5.11. The molecule has 0 aliphatic carbocycles. The molecule has 5 nitrogen and oxygen atoms in total. The van der Waals surface area contributed by atoms with Gasteiger partial charge in [-0.05, 0) is 23.8 Å². The number of aliphatic imine (C=N–C) groups is 1. The number of fused-ring (bicyclic) bond motifs is 1. The molecule has 26 heavy (non-hydrogen) atoms. The number of nitrogens with one attached hydrogen (secondary N) is 1. The lowest BCUT2D eigenvalue weighted by Gasteiger charge is -2.22. The molecule has 138 valence electrons. The summed E-state index contributed by atoms with van der Waals surface area (Å²) in [4.78, 5) is 11.0. The molecule has 3 aromatic rings. The van der Waals surface area contributed by atoms with Gasteiger partial charge in [-0.2, -0.15) is 0 Å². The summed E-state index contributed by atoms with van der Waals surface area (Å²) in [7, 11) is 3.79. The molecule has 7 heteroatoms. The van der Waals surface area contributed by atoms with E-state index in [-0.39, 0.29) is 24.0 Å². The number of nitrogens with zero attached hydrogens (tertiary/aromatic N) is 4. The standard InChI is InChI=1S/C19H22ClN5.HI/c1-21-19(24(2)13-15-7-3-4-8-17(15)20)22-11-10-16-14-25-12-6-5-9-18(25)23-16;/h3-9,12,14H,10-11,13H2,1-2H3,(H,21,22);1H. The number of pyridine rings is 1. The van der Waals surface area contributed by atoms with Gasteiger partial charge in [-0.15, -0.1) is 24.0 Å². The van der Waals surface area contributed by atoms with Gasteiger partial charge in [-0.25, -0.2) is 4.98 Å². The molecule has 0 aliphatic rings. The first-order valence-electron chi connectivity index (χ1n) is 8.25. The lowest BCUT2D eigenvalue weighted by molar-refractivity contribution is 0.477. The fourth-order valence-electron chi connectivity index (χ4n) is 2.75. The van der Waals surface area contributed by atoms with Gasteiger partial charge in [0.1, 0.15) is 5.65 Å². The topological polar surface area (TPSA) is 44.9 Å². The second-order valence-corrected chi connectivity index (χ2v) is 6.28. The summed E-state index contributed by atoms with van der Waals surface area (Å²) in [6.07, 6.45) is 4.91. The van der Waals surface area contributed by atoms with Crippen molar-refractivity contribution in [2.45, 2.75) is 13.0 Å². The average molecular weight is 484 g/mol. The monoisotopic (exact) mass is 483 g/mol. The van der Waals surface area contributed by atoms with Crippen molar-refractivity contribution in [3.8, 4) is 0 Å². The normalized spacial score (nSPS) is 11.3. The van der Waals surface area contributed by atoms with Crippen LogP contribution in [-0.4, -0.2) is 40.9 Å². The van der Waals surface area contributed by atoms with Crippen LogP contribution in [0.25, 0.3) is 5.65 Å². The third-order valence-electron chi connectivity index (χ3n) is 4.02. The second kappa shape index (κ2) is 9.78. The van der Waals surface area contributed by atoms with E-state index in [9.17, 15) is 0 Å². The Kier molecular flexibility index (Phi) is 7.71. The van der Waals surface area contributed by atoms with Crippen LogP contribution in [0.1, 0.15) is 11.3 Å². The van der Waals surface area contributed by atoms with Crippen molar-refractivity contribution in [1.82, 2.24) is 19.6 Å². The zero-order valence-corrected chi connectivity index (χ0v) is 18.0. The number of aromatic nitrogens is 2. The Morgan fingerprint density at radius 3 is 2.73 bits per heavy atom. The van der Waals surface area contributed by atoms with Gasteiger partial charge in [-0.1, -0.05) is 35.9 Å². The molecule has 0 unspecified atom stereocenters. The van der Waals surface area contributed by atoms with Crippen molar-refractivity contribution in [2.75, 3.05) is 20.6 Å². The van der Waals surface area contributed by atoms with Gasteiger partial charge in [0, 0.05) is 51.0 Å². The molecular formula is C19H23ClIN5. The van der Waals surface area contributed by atoms with Gasteiger partial charge in [0.05, 0.1) is 5.69 Å². The second-order valence-electron chi connectivity index (χ2n) is 5.87. The van der Waals surface area contributed by atoms with E-state index < -0.39 is 0 Å². The molecular weight excluding hydrogens is 461 g/mol. The number of imidazole rings is 1. The summed E-state index contributed by atoms with van der Waals surface area (Å²) >= 11 is 6.24. The lowest BCUT2D eigenvalue weighted by atomic mass is 10.2. The van der Waals surface area contributed by atoms with Gasteiger partial charge in [0.2, 0.25) is 0 Å². The van der Waals surface area contributed by atoms with E-state index in [0.717, 1.165) is 40.9 Å². The summed E-state index contributed by atoms with van der Waals surface area (Å²) in [6, 6.07) is 13.9. The number of hydrogen-bond acceptors (Lipinski definition) is 2. The molecule has 0 aliphatic heterocycles. The molecule has 0 atom stereocenters. The lowest BCUT2D eigenvalue weighted by Crippen LogP contribution is -2.39. The Morgan fingerprint density at radius 2 is 2.00 bits per heavy atom. The van der Waals surface area contributed by atoms with Crippen LogP contribution in [0.3, 0.4) is 0 Å². The number of guanidine groups is 1. The summed E-state index contributed by atoms with van der Waals surface area (Å²) in [6.45, 7) is 1.47. The van der Waals surface area contributed by atoms with Crippen molar-refractivity contribution in [3.05, 3.63) is 71.1 Å². The maximum Gasteiger partial charge on any atom is 0.193 e. The summed E-state index contributed by atoms with van der Waals surface area (Å²) in [5.74, 6) is 0.837. The molecule has 1 aromatic carbocycles. The number of rotatable bonds is 5. The van der Waals surface area contributed by atoms with E-state index in [2.05, 4.69) is 26.4 Å². The Labute approximate surface area is 176 Å². The van der Waals surface area contributed by atoms with Gasteiger partial charge in [0.15, 0.2) is 5.96 Å². The Hall–Kier alpha value is -1.80. The predicted octanol–water partition coefficient (Wildman–Crippen LogP) is 3.86. The average Bonchev–Trinajstić information content (AvgIpc) is 3.03. The van der Waals surface area contributed by atoms with E-state index in [0.29, 0.717) is 6.54 Å². The molecule has 3 rings (SSSR count). The minimum atomic E-state index is 0. The quantitative estimate of drug-likeness (QED) is 0.341. The highest BCUT2D eigenvalue weighted by Gasteiger charge is 2.09. The molecule has 1 N–H and O–H groups in total. The molecule has 0 radical (unpaired) electrons. The van der Waals surface area contributed by atoms with Gasteiger partial charge >= 0.3 is 0 Å². The van der Waals surface area contributed by atoms with Crippen LogP contribution in [0.15, 0.2) is 59.9 Å². The van der Waals surface area contributed by atoms with Crippen molar-refractivity contribution in [3.63, 3.8) is 0 Å². The number of hydrogen-bond donors (Lipinski definition) is 1. The summed E-state index contributed by atoms with van der Waals surface area (Å²) in [5, 5.41) is 4.16. The van der Waals surface area contributed by atoms with Crippen molar-refractivity contribution in [2.24, 2.45) is 4.99 Å². The fraction of sp³-hybridized carbons (Fsp3) is 0.263. The SMILES string of the molecule is CN=C(NCCc1cn2ccccc2n1)N(C)Cc1ccccc1Cl.I. The first-order chi connectivity index (χ1) is 12.2. The Morgan fingerprint density at radius 1 is 1.23 bits per heavy atom. The molecule has 0 spiro atoms. The number of halogens is 2. The first-order valence-corrected chi connectivity index (χ1v) is 8.63. The van der Waals surface area contributed by atoms with Crippen molar-refractivity contribution >= 4 is 47.2 Å². The molecule has 0 bridgehead atoms. The molecule has 0 saturated heterocycles. The molecule has 0 saturated carbocycles. The number of benzene rings is 1. The molecule has 0 amide bonds. The fourth-order valence-corrected chi connectivity index (χ4v) is 2.95. The highest BCUT2D eigenvalue weighted by Crippen LogP contribution is 2.16. The van der Waals surface area contributed by atoms with Gasteiger partial charge in [-0.3, -0.25) is 4.99 Å². The third-order valence-corrected chi connectivity index (χ3v) is 4.39. The Bertz CT molecular complexity index is 844. The highest BCUT2D eigenvalue weighted by molar-refractivity contribution is 14.0. The first kappa shape index (κ1) is 20.5. The molecule has 0 fully saturated rings. The largest absolute Gasteiger partial charge is 0.356 e. The van der Waals surface area contributed by atoms with Crippen LogP contribution in [0.2, 0.25) is 5.02 Å². The zero-order chi connectivity index (χ0) is 17.6. The predicted molar refractivity (Wildman–Crippen MR) is 119 cm³/mol. The molecule has 2 heterocycles. The molecule has 2 aromatic heterocycles. The van der Waals surface area contributed by atoms with Crippen LogP contribution in [0, 0.1) is 0 Å². The summed E-state index contributed by atoms with van der Waals surface area (Å²) in [5.41, 5.74) is 3.11. The van der Waals surface area contributed by atoms with Crippen LogP contribution in [0.5, 0.6) is 0 Å². The maximum atomic E-state index is 6.24. The smallest absolute Gasteiger partial charge is 0.193 e. The van der Waals surface area contributed by atoms with E-state index >= 15 is 0 Å². The van der Waals surface area contributed by atoms with Crippen molar-refractivity contribution in [1.29, 1.82) is 0 Å². The van der Waals surface area contributed by atoms with E-state index in [1.54, 1.807) is 7.05 Å². The zero-order valence-electron chi connectivity index (χ0n) is 14.9. The van der Waals surface area contributed by atoms with Gasteiger partial charge in [0.25, 0.3) is 0 Å². The summed E-state index contributed by atoms with van der Waals surface area (Å²) < 4.78 is 2.04. The van der Waals surface area contributed by atoms with Crippen LogP contribution in [-0.2, 0) is 13.0 Å². The maximum absolute atomic E-state index is 6.24. The Balaban J connectivity index is 0.00000243. The van der Waals surface area contributed by atoms with Crippen molar-refractivity contribution < 1.29 is 0 Å².